The quantitative estimate of drug-likeness (QED) is 0.219. The highest BCUT2D eigenvalue weighted by Crippen LogP contribution is 2.40. The maximum Gasteiger partial charge on any atom is 0.146 e. The SMILES string of the molecule is CN(/C(=N\c1sc(-c2ccc(F)cc2)nc1-c1ccccc1)c1ccccc1)C1CCCCC1. The van der Waals surface area contributed by atoms with E-state index in [1.165, 1.54) is 44.2 Å². The van der Waals surface area contributed by atoms with Gasteiger partial charge in [-0.05, 0) is 37.1 Å². The van der Waals surface area contributed by atoms with E-state index >= 15 is 0 Å². The number of hydrogen-bond acceptors (Lipinski definition) is 3. The largest absolute Gasteiger partial charge is 0.356 e. The molecule has 0 N–H and O–H groups in total. The third kappa shape index (κ3) is 4.95. The second kappa shape index (κ2) is 10.3. The normalized spacial score (nSPS) is 14.8. The van der Waals surface area contributed by atoms with Crippen molar-refractivity contribution in [1.29, 1.82) is 0 Å². The fraction of sp³-hybridized carbons (Fsp3) is 0.241. The molecule has 0 aliphatic heterocycles. The molecule has 1 aliphatic rings. The molecule has 5 heteroatoms. The average Bonchev–Trinajstić information content (AvgIpc) is 3.33. The first-order valence-corrected chi connectivity index (χ1v) is 12.7. The Morgan fingerprint density at radius 1 is 0.853 bits per heavy atom. The number of hydrogen-bond donors (Lipinski definition) is 0. The Hall–Kier alpha value is -3.31. The molecule has 1 fully saturated rings. The van der Waals surface area contributed by atoms with Crippen LogP contribution in [0.2, 0.25) is 0 Å². The van der Waals surface area contributed by atoms with Gasteiger partial charge in [-0.1, -0.05) is 91.3 Å². The van der Waals surface area contributed by atoms with Gasteiger partial charge in [-0.15, -0.1) is 0 Å². The zero-order valence-corrected chi connectivity index (χ0v) is 20.1. The van der Waals surface area contributed by atoms with E-state index in [0.717, 1.165) is 38.2 Å². The van der Waals surface area contributed by atoms with E-state index in [4.69, 9.17) is 9.98 Å². The minimum absolute atomic E-state index is 0.248. The average molecular weight is 470 g/mol. The van der Waals surface area contributed by atoms with Gasteiger partial charge in [0.25, 0.3) is 0 Å². The van der Waals surface area contributed by atoms with Gasteiger partial charge in [0.1, 0.15) is 27.4 Å². The van der Waals surface area contributed by atoms with E-state index in [2.05, 4.69) is 48.3 Å². The lowest BCUT2D eigenvalue weighted by Gasteiger charge is -2.33. The molecule has 0 atom stereocenters. The molecule has 0 unspecified atom stereocenters. The molecule has 3 nitrogen and oxygen atoms in total. The molecule has 4 aromatic rings. The van der Waals surface area contributed by atoms with Gasteiger partial charge in [-0.2, -0.15) is 0 Å². The maximum absolute atomic E-state index is 13.5. The molecule has 1 aliphatic carbocycles. The van der Waals surface area contributed by atoms with Gasteiger partial charge in [-0.3, -0.25) is 0 Å². The van der Waals surface area contributed by atoms with Crippen molar-refractivity contribution in [3.8, 4) is 21.8 Å². The highest BCUT2D eigenvalue weighted by molar-refractivity contribution is 7.19. The molecule has 1 saturated carbocycles. The third-order valence-electron chi connectivity index (χ3n) is 6.44. The molecule has 0 saturated heterocycles. The van der Waals surface area contributed by atoms with Crippen molar-refractivity contribution in [2.45, 2.75) is 38.1 Å². The van der Waals surface area contributed by atoms with Crippen LogP contribution in [-0.4, -0.2) is 28.8 Å². The highest BCUT2D eigenvalue weighted by Gasteiger charge is 2.23. The first-order valence-electron chi connectivity index (χ1n) is 11.9. The molecule has 0 spiro atoms. The van der Waals surface area contributed by atoms with Crippen molar-refractivity contribution in [3.63, 3.8) is 0 Å². The van der Waals surface area contributed by atoms with Crippen LogP contribution in [0.5, 0.6) is 0 Å². The van der Waals surface area contributed by atoms with E-state index in [-0.39, 0.29) is 5.82 Å². The summed E-state index contributed by atoms with van der Waals surface area (Å²) in [6.45, 7) is 0. The number of thiazole rings is 1. The second-order valence-electron chi connectivity index (χ2n) is 8.75. The van der Waals surface area contributed by atoms with E-state index in [0.29, 0.717) is 6.04 Å². The lowest BCUT2D eigenvalue weighted by molar-refractivity contribution is 0.279. The Bertz CT molecular complexity index is 1240. The molecule has 1 aromatic heterocycles. The van der Waals surface area contributed by atoms with Gasteiger partial charge in [0.05, 0.1) is 0 Å². The Labute approximate surface area is 204 Å². The van der Waals surface area contributed by atoms with Gasteiger partial charge >= 0.3 is 0 Å². The summed E-state index contributed by atoms with van der Waals surface area (Å²) in [6, 6.07) is 27.6. The Morgan fingerprint density at radius 2 is 1.50 bits per heavy atom. The standard InChI is InChI=1S/C29H28FN3S/c1-33(25-15-9-4-10-16-25)27(22-13-7-3-8-14-22)32-29-26(21-11-5-2-6-12-21)31-28(34-29)23-17-19-24(30)20-18-23/h2-3,5-8,11-14,17-20,25H,4,9-10,15-16H2,1H3/b32-27-. The smallest absolute Gasteiger partial charge is 0.146 e. The van der Waals surface area contributed by atoms with Crippen molar-refractivity contribution in [1.82, 2.24) is 9.88 Å². The number of aliphatic imine (C=N–C) groups is 1. The predicted octanol–water partition coefficient (Wildman–Crippen LogP) is 7.96. The van der Waals surface area contributed by atoms with Crippen LogP contribution in [0.25, 0.3) is 21.8 Å². The van der Waals surface area contributed by atoms with Crippen LogP contribution in [0.4, 0.5) is 9.39 Å². The number of benzene rings is 3. The molecule has 5 rings (SSSR count). The van der Waals surface area contributed by atoms with Crippen molar-refractivity contribution < 1.29 is 4.39 Å². The van der Waals surface area contributed by atoms with Crippen molar-refractivity contribution in [3.05, 3.63) is 96.3 Å². The summed E-state index contributed by atoms with van der Waals surface area (Å²) in [5.74, 6) is 0.723. The summed E-state index contributed by atoms with van der Waals surface area (Å²) in [5, 5.41) is 1.71. The van der Waals surface area contributed by atoms with E-state index in [1.54, 1.807) is 23.5 Å². The monoisotopic (exact) mass is 469 g/mol. The molecular weight excluding hydrogens is 441 g/mol. The molecule has 3 aromatic carbocycles. The van der Waals surface area contributed by atoms with Crippen molar-refractivity contribution in [2.75, 3.05) is 7.05 Å². The van der Waals surface area contributed by atoms with E-state index < -0.39 is 0 Å². The molecule has 1 heterocycles. The highest BCUT2D eigenvalue weighted by atomic mass is 32.1. The summed E-state index contributed by atoms with van der Waals surface area (Å²) in [6.07, 6.45) is 6.23. The Balaban J connectivity index is 1.64. The fourth-order valence-electron chi connectivity index (χ4n) is 4.56. The number of nitrogens with zero attached hydrogens (tertiary/aromatic N) is 3. The zero-order valence-electron chi connectivity index (χ0n) is 19.3. The Morgan fingerprint density at radius 3 is 2.18 bits per heavy atom. The van der Waals surface area contributed by atoms with Crippen LogP contribution < -0.4 is 0 Å². The predicted molar refractivity (Wildman–Crippen MR) is 140 cm³/mol. The Kier molecular flexibility index (Phi) is 6.82. The van der Waals surface area contributed by atoms with Gasteiger partial charge < -0.3 is 4.90 Å². The number of amidine groups is 1. The van der Waals surface area contributed by atoms with Crippen LogP contribution in [0, 0.1) is 5.82 Å². The molecule has 0 radical (unpaired) electrons. The van der Waals surface area contributed by atoms with E-state index in [9.17, 15) is 4.39 Å². The van der Waals surface area contributed by atoms with Crippen LogP contribution in [0.1, 0.15) is 37.7 Å². The summed E-state index contributed by atoms with van der Waals surface area (Å²) < 4.78 is 13.5. The maximum atomic E-state index is 13.5. The summed E-state index contributed by atoms with van der Waals surface area (Å²) in [5.41, 5.74) is 3.88. The minimum atomic E-state index is -0.248. The minimum Gasteiger partial charge on any atom is -0.356 e. The number of rotatable bonds is 5. The number of halogens is 1. The molecule has 34 heavy (non-hydrogen) atoms. The number of aromatic nitrogens is 1. The molecule has 172 valence electrons. The van der Waals surface area contributed by atoms with Gasteiger partial charge in [0.2, 0.25) is 0 Å². The van der Waals surface area contributed by atoms with Gasteiger partial charge in [0.15, 0.2) is 0 Å². The van der Waals surface area contributed by atoms with Gasteiger partial charge in [0, 0.05) is 29.8 Å². The van der Waals surface area contributed by atoms with Crippen LogP contribution in [0.3, 0.4) is 0 Å². The lowest BCUT2D eigenvalue weighted by atomic mass is 9.94. The lowest BCUT2D eigenvalue weighted by Crippen LogP contribution is -2.38. The summed E-state index contributed by atoms with van der Waals surface area (Å²) in [4.78, 5) is 12.6. The summed E-state index contributed by atoms with van der Waals surface area (Å²) >= 11 is 1.55. The van der Waals surface area contributed by atoms with Crippen LogP contribution >= 0.6 is 11.3 Å². The molecule has 0 bridgehead atoms. The second-order valence-corrected chi connectivity index (χ2v) is 9.73. The third-order valence-corrected chi connectivity index (χ3v) is 7.44. The zero-order chi connectivity index (χ0) is 23.3. The van der Waals surface area contributed by atoms with E-state index in [1.807, 2.05) is 24.3 Å². The van der Waals surface area contributed by atoms with Crippen molar-refractivity contribution in [2.24, 2.45) is 4.99 Å². The topological polar surface area (TPSA) is 28.5 Å². The molecular formula is C29H28FN3S. The molecule has 0 amide bonds. The first-order chi connectivity index (χ1) is 16.7. The van der Waals surface area contributed by atoms with Gasteiger partial charge in [-0.25, -0.2) is 14.4 Å². The first kappa shape index (κ1) is 22.5. The van der Waals surface area contributed by atoms with Crippen LogP contribution in [-0.2, 0) is 0 Å². The fourth-order valence-corrected chi connectivity index (χ4v) is 5.53. The summed E-state index contributed by atoms with van der Waals surface area (Å²) in [7, 11) is 2.17. The van der Waals surface area contributed by atoms with Crippen LogP contribution in [0.15, 0.2) is 89.9 Å². The van der Waals surface area contributed by atoms with Crippen molar-refractivity contribution >= 4 is 22.2 Å².